The third-order valence-electron chi connectivity index (χ3n) is 1.82. The Morgan fingerprint density at radius 2 is 2.00 bits per heavy atom. The number of thiocarbonyl (C=S) groups is 1. The molecule has 1 rings (SSSR count). The first-order valence-electron chi connectivity index (χ1n) is 4.35. The third-order valence-corrected chi connectivity index (χ3v) is 2.34. The van der Waals surface area contributed by atoms with Gasteiger partial charge >= 0.3 is 29.6 Å². The zero-order valence-corrected chi connectivity index (χ0v) is 12.5. The second-order valence-corrected chi connectivity index (χ2v) is 3.95. The Morgan fingerprint density at radius 3 is 2.47 bits per heavy atom. The standard InChI is InChI=1S/C11H13NS2.Na/c1-2-8-12(11(13)14)9-10-6-4-3-5-7-10;/h2-7H,1,8-9H2,(H,13,14);/q;+1/p-1. The number of rotatable bonds is 4. The zero-order chi connectivity index (χ0) is 10.4. The summed E-state index contributed by atoms with van der Waals surface area (Å²) in [4.78, 5) is 1.94. The minimum Gasteiger partial charge on any atom is -0.411 e. The maximum Gasteiger partial charge on any atom is 1.00 e. The van der Waals surface area contributed by atoms with E-state index in [0.29, 0.717) is 10.9 Å². The minimum atomic E-state index is 0. The molecule has 4 heteroatoms. The monoisotopic (exact) mass is 245 g/mol. The van der Waals surface area contributed by atoms with Crippen molar-refractivity contribution in [2.24, 2.45) is 0 Å². The van der Waals surface area contributed by atoms with Gasteiger partial charge in [-0.15, -0.1) is 6.58 Å². The molecule has 0 heterocycles. The summed E-state index contributed by atoms with van der Waals surface area (Å²) < 4.78 is 0.494. The molecule has 0 saturated carbocycles. The van der Waals surface area contributed by atoms with Gasteiger partial charge < -0.3 is 29.7 Å². The van der Waals surface area contributed by atoms with Crippen molar-refractivity contribution in [1.29, 1.82) is 0 Å². The molecule has 0 unspecified atom stereocenters. The molecule has 0 radical (unpaired) electrons. The molecule has 0 aliphatic rings. The molecular weight excluding hydrogens is 233 g/mol. The number of hydrogen-bond donors (Lipinski definition) is 0. The first kappa shape index (κ1) is 15.1. The van der Waals surface area contributed by atoms with Crippen LogP contribution in [0.15, 0.2) is 43.0 Å². The van der Waals surface area contributed by atoms with Gasteiger partial charge in [0.1, 0.15) is 0 Å². The predicted octanol–water partition coefficient (Wildman–Crippen LogP) is -0.490. The van der Waals surface area contributed by atoms with Gasteiger partial charge in [0.2, 0.25) is 0 Å². The van der Waals surface area contributed by atoms with Crippen molar-refractivity contribution >= 4 is 29.2 Å². The summed E-state index contributed by atoms with van der Waals surface area (Å²) in [5.41, 5.74) is 1.21. The maximum atomic E-state index is 4.97. The average molecular weight is 245 g/mol. The van der Waals surface area contributed by atoms with Gasteiger partial charge in [-0.2, -0.15) is 0 Å². The first-order chi connectivity index (χ1) is 6.74. The molecule has 0 amide bonds. The van der Waals surface area contributed by atoms with Crippen LogP contribution in [0.5, 0.6) is 0 Å². The van der Waals surface area contributed by atoms with Crippen molar-refractivity contribution in [2.45, 2.75) is 6.54 Å². The van der Waals surface area contributed by atoms with E-state index in [1.807, 2.05) is 29.2 Å². The van der Waals surface area contributed by atoms with E-state index in [9.17, 15) is 0 Å². The molecule has 0 aliphatic heterocycles. The summed E-state index contributed by atoms with van der Waals surface area (Å²) in [7, 11) is 0. The number of benzene rings is 1. The van der Waals surface area contributed by atoms with Gasteiger partial charge in [0.25, 0.3) is 0 Å². The third kappa shape index (κ3) is 5.64. The topological polar surface area (TPSA) is 3.24 Å². The molecule has 0 fully saturated rings. The van der Waals surface area contributed by atoms with Gasteiger partial charge in [0.15, 0.2) is 0 Å². The largest absolute Gasteiger partial charge is 1.00 e. The van der Waals surface area contributed by atoms with Gasteiger partial charge in [0.05, 0.1) is 0 Å². The van der Waals surface area contributed by atoms with Crippen LogP contribution in [0.4, 0.5) is 0 Å². The Hall–Kier alpha value is 0.0700. The van der Waals surface area contributed by atoms with Crippen molar-refractivity contribution in [2.75, 3.05) is 6.54 Å². The molecule has 0 bridgehead atoms. The summed E-state index contributed by atoms with van der Waals surface area (Å²) in [6, 6.07) is 10.1. The Balaban J connectivity index is 0.00000196. The van der Waals surface area contributed by atoms with E-state index < -0.39 is 0 Å². The van der Waals surface area contributed by atoms with Crippen LogP contribution in [0.1, 0.15) is 5.56 Å². The quantitative estimate of drug-likeness (QED) is 0.305. The molecular formula is C11H12NNaS2. The van der Waals surface area contributed by atoms with Gasteiger partial charge in [-0.1, -0.05) is 40.7 Å². The van der Waals surface area contributed by atoms with Gasteiger partial charge in [-0.25, -0.2) is 0 Å². The van der Waals surface area contributed by atoms with Crippen LogP contribution in [0, 0.1) is 0 Å². The van der Waals surface area contributed by atoms with E-state index in [1.54, 1.807) is 0 Å². The summed E-state index contributed by atoms with van der Waals surface area (Å²) in [5.74, 6) is 0. The van der Waals surface area contributed by atoms with Crippen LogP contribution < -0.4 is 29.6 Å². The van der Waals surface area contributed by atoms with Crippen molar-refractivity contribution in [3.05, 3.63) is 48.6 Å². The number of nitrogens with zero attached hydrogens (tertiary/aromatic N) is 1. The van der Waals surface area contributed by atoms with Crippen LogP contribution in [-0.4, -0.2) is 15.8 Å². The summed E-state index contributed by atoms with van der Waals surface area (Å²) >= 11 is 9.95. The molecule has 0 N–H and O–H groups in total. The molecule has 0 aromatic heterocycles. The van der Waals surface area contributed by atoms with Gasteiger partial charge in [-0.05, 0) is 5.56 Å². The fourth-order valence-electron chi connectivity index (χ4n) is 1.16. The van der Waals surface area contributed by atoms with Gasteiger partial charge in [0, 0.05) is 13.1 Å². The van der Waals surface area contributed by atoms with Crippen LogP contribution in [0.3, 0.4) is 0 Å². The molecule has 15 heavy (non-hydrogen) atoms. The predicted molar refractivity (Wildman–Crippen MR) is 67.0 cm³/mol. The Bertz CT molecular complexity index is 314. The Morgan fingerprint density at radius 1 is 1.40 bits per heavy atom. The summed E-state index contributed by atoms with van der Waals surface area (Å²) in [6.07, 6.45) is 1.81. The van der Waals surface area contributed by atoms with Crippen LogP contribution in [0.2, 0.25) is 0 Å². The molecule has 0 atom stereocenters. The SMILES string of the molecule is C=CCN(Cc1ccccc1)C(=S)[S-].[Na+]. The molecule has 74 valence electrons. The van der Waals surface area contributed by atoms with Crippen LogP contribution in [-0.2, 0) is 19.2 Å². The Labute approximate surface area is 124 Å². The first-order valence-corrected chi connectivity index (χ1v) is 5.16. The summed E-state index contributed by atoms with van der Waals surface area (Å²) in [6.45, 7) is 5.14. The van der Waals surface area contributed by atoms with E-state index in [0.717, 1.165) is 6.54 Å². The van der Waals surface area contributed by atoms with Crippen LogP contribution >= 0.6 is 12.2 Å². The summed E-state index contributed by atoms with van der Waals surface area (Å²) in [5, 5.41) is 0. The normalized spacial score (nSPS) is 8.80. The van der Waals surface area contributed by atoms with E-state index >= 15 is 0 Å². The van der Waals surface area contributed by atoms with Crippen molar-refractivity contribution in [3.63, 3.8) is 0 Å². The van der Waals surface area contributed by atoms with Crippen molar-refractivity contribution < 1.29 is 29.6 Å². The number of hydrogen-bond acceptors (Lipinski definition) is 2. The second-order valence-electron chi connectivity index (χ2n) is 2.92. The van der Waals surface area contributed by atoms with E-state index in [-0.39, 0.29) is 29.6 Å². The molecule has 0 aliphatic carbocycles. The molecule has 1 aromatic rings. The van der Waals surface area contributed by atoms with E-state index in [2.05, 4.69) is 18.7 Å². The zero-order valence-electron chi connectivity index (χ0n) is 8.85. The van der Waals surface area contributed by atoms with Crippen molar-refractivity contribution in [1.82, 2.24) is 4.90 Å². The van der Waals surface area contributed by atoms with E-state index in [4.69, 9.17) is 24.8 Å². The molecule has 1 aromatic carbocycles. The maximum absolute atomic E-state index is 4.97. The molecule has 0 saturated heterocycles. The Kier molecular flexibility index (Phi) is 8.29. The van der Waals surface area contributed by atoms with E-state index in [1.165, 1.54) is 5.56 Å². The van der Waals surface area contributed by atoms with Crippen LogP contribution in [0.25, 0.3) is 0 Å². The minimum absolute atomic E-state index is 0. The average Bonchev–Trinajstić information content (AvgIpc) is 2.18. The fourth-order valence-corrected chi connectivity index (χ4v) is 1.44. The van der Waals surface area contributed by atoms with Crippen molar-refractivity contribution in [3.8, 4) is 0 Å². The van der Waals surface area contributed by atoms with Gasteiger partial charge in [-0.3, -0.25) is 0 Å². The molecule has 0 spiro atoms. The molecule has 1 nitrogen and oxygen atoms in total. The fraction of sp³-hybridized carbons (Fsp3) is 0.182. The smallest absolute Gasteiger partial charge is 0.411 e. The second kappa shape index (κ2) is 8.25.